The molecule has 1 saturated carbocycles. The Morgan fingerprint density at radius 1 is 1.47 bits per heavy atom. The van der Waals surface area contributed by atoms with Crippen LogP contribution in [-0.2, 0) is 0 Å². The summed E-state index contributed by atoms with van der Waals surface area (Å²) in [5, 5.41) is 12.5. The van der Waals surface area contributed by atoms with Crippen LogP contribution in [0.4, 0.5) is 11.4 Å². The van der Waals surface area contributed by atoms with E-state index in [1.165, 1.54) is 0 Å². The zero-order valence-electron chi connectivity index (χ0n) is 9.03. The summed E-state index contributed by atoms with van der Waals surface area (Å²) >= 11 is 0. The van der Waals surface area contributed by atoms with Crippen LogP contribution in [0.1, 0.15) is 18.4 Å². The summed E-state index contributed by atoms with van der Waals surface area (Å²) < 4.78 is 0. The SMILES string of the molecule is Cc1ccc(NCC2CC(O)C2)cc1N. The molecule has 0 amide bonds. The van der Waals surface area contributed by atoms with E-state index >= 15 is 0 Å². The molecule has 15 heavy (non-hydrogen) atoms. The summed E-state index contributed by atoms with van der Waals surface area (Å²) in [6.45, 7) is 2.93. The van der Waals surface area contributed by atoms with Crippen LogP contribution in [0.3, 0.4) is 0 Å². The van der Waals surface area contributed by atoms with E-state index in [0.29, 0.717) is 5.92 Å². The van der Waals surface area contributed by atoms with Crippen LogP contribution in [-0.4, -0.2) is 17.8 Å². The van der Waals surface area contributed by atoms with E-state index in [1.54, 1.807) is 0 Å². The second kappa shape index (κ2) is 4.11. The van der Waals surface area contributed by atoms with Gasteiger partial charge in [-0.1, -0.05) is 6.07 Å². The molecule has 82 valence electrons. The van der Waals surface area contributed by atoms with Gasteiger partial charge in [-0.15, -0.1) is 0 Å². The van der Waals surface area contributed by atoms with E-state index in [4.69, 9.17) is 10.8 Å². The lowest BCUT2D eigenvalue weighted by Crippen LogP contribution is -2.33. The van der Waals surface area contributed by atoms with Crippen LogP contribution < -0.4 is 11.1 Å². The van der Waals surface area contributed by atoms with E-state index in [0.717, 1.165) is 36.3 Å². The third kappa shape index (κ3) is 2.42. The molecule has 1 fully saturated rings. The smallest absolute Gasteiger partial charge is 0.0546 e. The molecule has 0 aliphatic heterocycles. The van der Waals surface area contributed by atoms with Crippen molar-refractivity contribution in [2.75, 3.05) is 17.6 Å². The lowest BCUT2D eigenvalue weighted by molar-refractivity contribution is 0.0487. The number of benzene rings is 1. The van der Waals surface area contributed by atoms with Crippen molar-refractivity contribution in [3.8, 4) is 0 Å². The summed E-state index contributed by atoms with van der Waals surface area (Å²) in [6, 6.07) is 6.03. The Morgan fingerprint density at radius 3 is 2.80 bits per heavy atom. The molecular formula is C12H18N2O. The summed E-state index contributed by atoms with van der Waals surface area (Å²) in [5.74, 6) is 0.613. The molecule has 0 saturated heterocycles. The molecule has 1 aromatic carbocycles. The van der Waals surface area contributed by atoms with Crippen molar-refractivity contribution in [3.63, 3.8) is 0 Å². The third-order valence-corrected chi connectivity index (χ3v) is 3.08. The van der Waals surface area contributed by atoms with Gasteiger partial charge in [-0.25, -0.2) is 0 Å². The molecule has 0 radical (unpaired) electrons. The van der Waals surface area contributed by atoms with Gasteiger partial charge < -0.3 is 16.2 Å². The molecule has 2 rings (SSSR count). The van der Waals surface area contributed by atoms with Crippen LogP contribution in [0.15, 0.2) is 18.2 Å². The van der Waals surface area contributed by atoms with E-state index in [-0.39, 0.29) is 6.10 Å². The number of rotatable bonds is 3. The first-order valence-electron chi connectivity index (χ1n) is 5.43. The van der Waals surface area contributed by atoms with Gasteiger partial charge in [-0.05, 0) is 43.4 Å². The first-order valence-corrected chi connectivity index (χ1v) is 5.43. The van der Waals surface area contributed by atoms with Gasteiger partial charge in [0.05, 0.1) is 6.10 Å². The van der Waals surface area contributed by atoms with Crippen LogP contribution in [0, 0.1) is 12.8 Å². The molecule has 4 N–H and O–H groups in total. The molecule has 0 atom stereocenters. The van der Waals surface area contributed by atoms with Gasteiger partial charge in [0.2, 0.25) is 0 Å². The maximum atomic E-state index is 9.15. The monoisotopic (exact) mass is 206 g/mol. The molecular weight excluding hydrogens is 188 g/mol. The van der Waals surface area contributed by atoms with Crippen molar-refractivity contribution < 1.29 is 5.11 Å². The number of nitrogens with one attached hydrogen (secondary N) is 1. The zero-order chi connectivity index (χ0) is 10.8. The summed E-state index contributed by atoms with van der Waals surface area (Å²) in [6.07, 6.45) is 1.78. The van der Waals surface area contributed by atoms with Crippen LogP contribution in [0.2, 0.25) is 0 Å². The van der Waals surface area contributed by atoms with Gasteiger partial charge in [-0.2, -0.15) is 0 Å². The minimum atomic E-state index is -0.0695. The van der Waals surface area contributed by atoms with E-state index in [1.807, 2.05) is 25.1 Å². The molecule has 1 aromatic rings. The Morgan fingerprint density at radius 2 is 2.20 bits per heavy atom. The van der Waals surface area contributed by atoms with Gasteiger partial charge in [0.1, 0.15) is 0 Å². The van der Waals surface area contributed by atoms with Crippen LogP contribution in [0.25, 0.3) is 0 Å². The molecule has 0 bridgehead atoms. The number of hydrogen-bond donors (Lipinski definition) is 3. The second-order valence-corrected chi connectivity index (χ2v) is 4.44. The number of aryl methyl sites for hydroxylation is 1. The molecule has 0 heterocycles. The Kier molecular flexibility index (Phi) is 2.82. The summed E-state index contributed by atoms with van der Waals surface area (Å²) in [7, 11) is 0. The Bertz CT molecular complexity index is 345. The maximum Gasteiger partial charge on any atom is 0.0546 e. The van der Waals surface area contributed by atoms with E-state index < -0.39 is 0 Å². The first kappa shape index (κ1) is 10.3. The highest BCUT2D eigenvalue weighted by Gasteiger charge is 2.26. The number of anilines is 2. The standard InChI is InChI=1S/C12H18N2O/c1-8-2-3-10(6-12(8)13)14-7-9-4-11(15)5-9/h2-3,6,9,11,14-15H,4-5,7,13H2,1H3. The fourth-order valence-corrected chi connectivity index (χ4v) is 1.88. The number of nitrogens with two attached hydrogens (primary N) is 1. The fraction of sp³-hybridized carbons (Fsp3) is 0.500. The fourth-order valence-electron chi connectivity index (χ4n) is 1.88. The van der Waals surface area contributed by atoms with Crippen LogP contribution in [0.5, 0.6) is 0 Å². The van der Waals surface area contributed by atoms with Gasteiger partial charge in [0, 0.05) is 17.9 Å². The largest absolute Gasteiger partial charge is 0.398 e. The highest BCUT2D eigenvalue weighted by Crippen LogP contribution is 2.27. The second-order valence-electron chi connectivity index (χ2n) is 4.44. The van der Waals surface area contributed by atoms with Gasteiger partial charge >= 0.3 is 0 Å². The Labute approximate surface area is 90.3 Å². The highest BCUT2D eigenvalue weighted by atomic mass is 16.3. The van der Waals surface area contributed by atoms with Crippen LogP contribution >= 0.6 is 0 Å². The molecule has 0 aromatic heterocycles. The Hall–Kier alpha value is -1.22. The predicted octanol–water partition coefficient (Wildman–Crippen LogP) is 1.76. The lowest BCUT2D eigenvalue weighted by Gasteiger charge is -2.31. The molecule has 0 unspecified atom stereocenters. The first-order chi connectivity index (χ1) is 7.15. The number of hydrogen-bond acceptors (Lipinski definition) is 3. The quantitative estimate of drug-likeness (QED) is 0.660. The Balaban J connectivity index is 1.86. The van der Waals surface area contributed by atoms with Crippen molar-refractivity contribution in [2.24, 2.45) is 5.92 Å². The molecule has 0 spiro atoms. The average Bonchev–Trinajstić information content (AvgIpc) is 2.16. The van der Waals surface area contributed by atoms with Gasteiger partial charge in [-0.3, -0.25) is 0 Å². The van der Waals surface area contributed by atoms with Crippen molar-refractivity contribution >= 4 is 11.4 Å². The zero-order valence-corrected chi connectivity index (χ0v) is 9.03. The minimum Gasteiger partial charge on any atom is -0.398 e. The number of nitrogen functional groups attached to an aromatic ring is 1. The number of aliphatic hydroxyl groups is 1. The van der Waals surface area contributed by atoms with E-state index in [2.05, 4.69) is 5.32 Å². The molecule has 3 heteroatoms. The number of aliphatic hydroxyl groups excluding tert-OH is 1. The predicted molar refractivity (Wildman–Crippen MR) is 62.8 cm³/mol. The van der Waals surface area contributed by atoms with Gasteiger partial charge in [0.25, 0.3) is 0 Å². The topological polar surface area (TPSA) is 58.3 Å². The minimum absolute atomic E-state index is 0.0695. The normalized spacial score (nSPS) is 24.7. The average molecular weight is 206 g/mol. The lowest BCUT2D eigenvalue weighted by atomic mass is 9.82. The molecule has 3 nitrogen and oxygen atoms in total. The summed E-state index contributed by atoms with van der Waals surface area (Å²) in [4.78, 5) is 0. The summed E-state index contributed by atoms with van der Waals surface area (Å²) in [5.41, 5.74) is 8.82. The maximum absolute atomic E-state index is 9.15. The molecule has 1 aliphatic carbocycles. The van der Waals surface area contributed by atoms with Gasteiger partial charge in [0.15, 0.2) is 0 Å². The van der Waals surface area contributed by atoms with Crippen molar-refractivity contribution in [1.29, 1.82) is 0 Å². The third-order valence-electron chi connectivity index (χ3n) is 3.08. The van der Waals surface area contributed by atoms with Crippen molar-refractivity contribution in [3.05, 3.63) is 23.8 Å². The van der Waals surface area contributed by atoms with Crippen molar-refractivity contribution in [2.45, 2.75) is 25.9 Å². The molecule has 1 aliphatic rings. The van der Waals surface area contributed by atoms with E-state index in [9.17, 15) is 0 Å². The highest BCUT2D eigenvalue weighted by molar-refractivity contribution is 5.58. The van der Waals surface area contributed by atoms with Crippen molar-refractivity contribution in [1.82, 2.24) is 0 Å².